The van der Waals surface area contributed by atoms with Crippen LogP contribution in [0.25, 0.3) is 10.9 Å². The van der Waals surface area contributed by atoms with Crippen molar-refractivity contribution in [3.05, 3.63) is 42.1 Å². The van der Waals surface area contributed by atoms with Gasteiger partial charge in [-0.05, 0) is 18.7 Å². The summed E-state index contributed by atoms with van der Waals surface area (Å²) < 4.78 is 0. The number of likely N-dealkylation sites (N-methyl/N-ethyl adjacent to an activating group) is 1. The largest absolute Gasteiger partial charge is 0.304 e. The molecule has 0 amide bonds. The van der Waals surface area contributed by atoms with E-state index in [0.717, 1.165) is 38.2 Å². The van der Waals surface area contributed by atoms with E-state index < -0.39 is 0 Å². The second-order valence-corrected chi connectivity index (χ2v) is 5.12. The second-order valence-electron chi connectivity index (χ2n) is 5.12. The van der Waals surface area contributed by atoms with Gasteiger partial charge < -0.3 is 4.90 Å². The molecule has 4 heteroatoms. The molecular weight excluding hydrogens is 236 g/mol. The first-order chi connectivity index (χ1) is 9.33. The van der Waals surface area contributed by atoms with Gasteiger partial charge in [-0.15, -0.1) is 0 Å². The minimum Gasteiger partial charge on any atom is -0.304 e. The molecule has 0 radical (unpaired) electrons. The first-order valence-corrected chi connectivity index (χ1v) is 6.82. The minimum atomic E-state index is 0.845. The van der Waals surface area contributed by atoms with E-state index in [4.69, 9.17) is 0 Å². The van der Waals surface area contributed by atoms with Gasteiger partial charge in [0, 0.05) is 44.3 Å². The number of para-hydroxylation sites is 1. The molecule has 1 fully saturated rings. The van der Waals surface area contributed by atoms with Crippen molar-refractivity contribution in [3.63, 3.8) is 0 Å². The third-order valence-corrected chi connectivity index (χ3v) is 3.71. The van der Waals surface area contributed by atoms with Crippen LogP contribution in [0.3, 0.4) is 0 Å². The molecule has 1 N–H and O–H groups in total. The van der Waals surface area contributed by atoms with Crippen molar-refractivity contribution < 1.29 is 0 Å². The summed E-state index contributed by atoms with van der Waals surface area (Å²) in [4.78, 5) is 6.85. The van der Waals surface area contributed by atoms with E-state index in [-0.39, 0.29) is 0 Å². The average molecular weight is 256 g/mol. The molecule has 0 spiro atoms. The van der Waals surface area contributed by atoms with Gasteiger partial charge in [0.1, 0.15) is 0 Å². The molecule has 0 saturated carbocycles. The zero-order chi connectivity index (χ0) is 13.1. The molecule has 1 aromatic heterocycles. The highest BCUT2D eigenvalue weighted by molar-refractivity contribution is 5.81. The Kier molecular flexibility index (Phi) is 3.73. The zero-order valence-corrected chi connectivity index (χ0v) is 11.3. The normalized spacial score (nSPS) is 17.9. The highest BCUT2D eigenvalue weighted by atomic mass is 15.5. The number of pyridine rings is 1. The molecule has 19 heavy (non-hydrogen) atoms. The van der Waals surface area contributed by atoms with Crippen LogP contribution in [-0.2, 0) is 6.54 Å². The van der Waals surface area contributed by atoms with E-state index >= 15 is 0 Å². The number of benzene rings is 1. The van der Waals surface area contributed by atoms with Crippen molar-refractivity contribution in [2.24, 2.45) is 0 Å². The van der Waals surface area contributed by atoms with E-state index in [0.29, 0.717) is 0 Å². The first kappa shape index (κ1) is 12.5. The highest BCUT2D eigenvalue weighted by Crippen LogP contribution is 2.15. The number of hydrazine groups is 1. The van der Waals surface area contributed by atoms with Gasteiger partial charge in [-0.2, -0.15) is 0 Å². The van der Waals surface area contributed by atoms with E-state index in [1.807, 2.05) is 12.3 Å². The van der Waals surface area contributed by atoms with Gasteiger partial charge in [0.15, 0.2) is 0 Å². The standard InChI is InChI=1S/C15H20N4/c1-18-8-10-19(11-9-18)17-12-14-5-2-4-13-6-3-7-16-15(13)14/h2-7,17H,8-12H2,1H3. The van der Waals surface area contributed by atoms with Crippen molar-refractivity contribution in [1.82, 2.24) is 20.3 Å². The molecule has 2 heterocycles. The Balaban J connectivity index is 1.68. The van der Waals surface area contributed by atoms with Crippen LogP contribution in [0.2, 0.25) is 0 Å². The molecule has 1 saturated heterocycles. The van der Waals surface area contributed by atoms with Gasteiger partial charge in [0.25, 0.3) is 0 Å². The maximum Gasteiger partial charge on any atom is 0.0747 e. The van der Waals surface area contributed by atoms with Gasteiger partial charge in [0.2, 0.25) is 0 Å². The summed E-state index contributed by atoms with van der Waals surface area (Å²) in [7, 11) is 2.17. The topological polar surface area (TPSA) is 31.4 Å². The van der Waals surface area contributed by atoms with Crippen LogP contribution in [0.4, 0.5) is 0 Å². The molecule has 3 rings (SSSR count). The molecule has 0 atom stereocenters. The number of hydrogen-bond donors (Lipinski definition) is 1. The summed E-state index contributed by atoms with van der Waals surface area (Å²) in [6, 6.07) is 10.5. The predicted octanol–water partition coefficient (Wildman–Crippen LogP) is 1.49. The maximum atomic E-state index is 4.49. The maximum absolute atomic E-state index is 4.49. The molecule has 2 aromatic rings. The molecule has 100 valence electrons. The summed E-state index contributed by atoms with van der Waals surface area (Å²) in [5, 5.41) is 3.52. The molecule has 4 nitrogen and oxygen atoms in total. The molecule has 1 aliphatic rings. The van der Waals surface area contributed by atoms with Crippen LogP contribution < -0.4 is 5.43 Å². The molecular formula is C15H20N4. The number of fused-ring (bicyclic) bond motifs is 1. The van der Waals surface area contributed by atoms with Crippen molar-refractivity contribution in [1.29, 1.82) is 0 Å². The zero-order valence-electron chi connectivity index (χ0n) is 11.3. The number of hydrogen-bond acceptors (Lipinski definition) is 4. The van der Waals surface area contributed by atoms with Crippen molar-refractivity contribution in [3.8, 4) is 0 Å². The van der Waals surface area contributed by atoms with Crippen LogP contribution in [-0.4, -0.2) is 48.1 Å². The van der Waals surface area contributed by atoms with E-state index in [1.165, 1.54) is 10.9 Å². The fourth-order valence-electron chi connectivity index (χ4n) is 2.47. The Morgan fingerprint density at radius 2 is 1.89 bits per heavy atom. The third kappa shape index (κ3) is 2.92. The molecule has 0 unspecified atom stereocenters. The van der Waals surface area contributed by atoms with Gasteiger partial charge in [-0.1, -0.05) is 24.3 Å². The Bertz CT molecular complexity index is 541. The summed E-state index contributed by atoms with van der Waals surface area (Å²) in [6.07, 6.45) is 1.86. The number of piperazine rings is 1. The summed E-state index contributed by atoms with van der Waals surface area (Å²) >= 11 is 0. The van der Waals surface area contributed by atoms with E-state index in [2.05, 4.69) is 51.6 Å². The Labute approximate surface area is 114 Å². The smallest absolute Gasteiger partial charge is 0.0747 e. The lowest BCUT2D eigenvalue weighted by molar-refractivity contribution is 0.102. The van der Waals surface area contributed by atoms with Crippen LogP contribution in [0, 0.1) is 0 Å². The van der Waals surface area contributed by atoms with Crippen LogP contribution in [0.5, 0.6) is 0 Å². The quantitative estimate of drug-likeness (QED) is 0.901. The Morgan fingerprint density at radius 3 is 2.74 bits per heavy atom. The van der Waals surface area contributed by atoms with Crippen LogP contribution in [0.1, 0.15) is 5.56 Å². The van der Waals surface area contributed by atoms with Gasteiger partial charge in [0.05, 0.1) is 5.52 Å². The lowest BCUT2D eigenvalue weighted by atomic mass is 10.1. The van der Waals surface area contributed by atoms with Crippen molar-refractivity contribution >= 4 is 10.9 Å². The Morgan fingerprint density at radius 1 is 1.11 bits per heavy atom. The summed E-state index contributed by atoms with van der Waals surface area (Å²) in [5.41, 5.74) is 5.88. The molecule has 0 aliphatic carbocycles. The Hall–Kier alpha value is -1.49. The molecule has 0 bridgehead atoms. The van der Waals surface area contributed by atoms with Gasteiger partial charge in [-0.3, -0.25) is 10.4 Å². The van der Waals surface area contributed by atoms with Crippen molar-refractivity contribution in [2.75, 3.05) is 33.2 Å². The SMILES string of the molecule is CN1CCN(NCc2cccc3cccnc23)CC1. The summed E-state index contributed by atoms with van der Waals surface area (Å²) in [5.74, 6) is 0. The lowest BCUT2D eigenvalue weighted by Crippen LogP contribution is -2.50. The average Bonchev–Trinajstić information content (AvgIpc) is 2.47. The lowest BCUT2D eigenvalue weighted by Gasteiger charge is -2.32. The van der Waals surface area contributed by atoms with E-state index in [9.17, 15) is 0 Å². The van der Waals surface area contributed by atoms with Crippen LogP contribution in [0.15, 0.2) is 36.5 Å². The van der Waals surface area contributed by atoms with Crippen LogP contribution >= 0.6 is 0 Å². The predicted molar refractivity (Wildman–Crippen MR) is 77.7 cm³/mol. The fraction of sp³-hybridized carbons (Fsp3) is 0.400. The van der Waals surface area contributed by atoms with Gasteiger partial charge in [-0.25, -0.2) is 5.01 Å². The number of nitrogens with one attached hydrogen (secondary N) is 1. The van der Waals surface area contributed by atoms with Crippen molar-refractivity contribution in [2.45, 2.75) is 6.54 Å². The fourth-order valence-corrected chi connectivity index (χ4v) is 2.47. The minimum absolute atomic E-state index is 0.845. The number of nitrogens with zero attached hydrogens (tertiary/aromatic N) is 3. The molecule has 1 aliphatic heterocycles. The third-order valence-electron chi connectivity index (χ3n) is 3.71. The summed E-state index contributed by atoms with van der Waals surface area (Å²) in [6.45, 7) is 5.25. The first-order valence-electron chi connectivity index (χ1n) is 6.82. The highest BCUT2D eigenvalue weighted by Gasteiger charge is 2.13. The number of rotatable bonds is 3. The molecule has 1 aromatic carbocycles. The van der Waals surface area contributed by atoms with E-state index in [1.54, 1.807) is 0 Å². The number of aromatic nitrogens is 1. The van der Waals surface area contributed by atoms with Gasteiger partial charge >= 0.3 is 0 Å². The second kappa shape index (κ2) is 5.65. The monoisotopic (exact) mass is 256 g/mol.